The molecular formula is C10H20N2O2. The fourth-order valence-electron chi connectivity index (χ4n) is 1.49. The van der Waals surface area contributed by atoms with Crippen molar-refractivity contribution >= 4 is 5.91 Å². The summed E-state index contributed by atoms with van der Waals surface area (Å²) in [5.41, 5.74) is 5.27. The Bertz CT molecular complexity index is 202. The molecule has 1 aliphatic carbocycles. The van der Waals surface area contributed by atoms with Gasteiger partial charge in [-0.2, -0.15) is 0 Å². The van der Waals surface area contributed by atoms with E-state index in [1.807, 2.05) is 13.8 Å². The largest absolute Gasteiger partial charge is 0.380 e. The molecule has 1 atom stereocenters. The second-order valence-corrected chi connectivity index (χ2v) is 4.04. The first-order chi connectivity index (χ1) is 6.58. The molecule has 1 amide bonds. The Morgan fingerprint density at radius 1 is 1.64 bits per heavy atom. The van der Waals surface area contributed by atoms with Crippen LogP contribution < -0.4 is 11.1 Å². The summed E-state index contributed by atoms with van der Waals surface area (Å²) in [4.78, 5) is 11.6. The van der Waals surface area contributed by atoms with E-state index in [1.165, 1.54) is 0 Å². The van der Waals surface area contributed by atoms with Crippen molar-refractivity contribution in [2.45, 2.75) is 44.7 Å². The van der Waals surface area contributed by atoms with Gasteiger partial charge in [0.1, 0.15) is 0 Å². The second-order valence-electron chi connectivity index (χ2n) is 4.04. The predicted molar refractivity (Wildman–Crippen MR) is 54.9 cm³/mol. The van der Waals surface area contributed by atoms with Gasteiger partial charge in [0.15, 0.2) is 0 Å². The van der Waals surface area contributed by atoms with Gasteiger partial charge in [0.2, 0.25) is 5.91 Å². The number of nitrogens with one attached hydrogen (secondary N) is 1. The molecule has 82 valence electrons. The summed E-state index contributed by atoms with van der Waals surface area (Å²) in [6.45, 7) is 5.09. The minimum absolute atomic E-state index is 0.0315. The molecule has 0 aromatic heterocycles. The van der Waals surface area contributed by atoms with Gasteiger partial charge in [0, 0.05) is 12.6 Å². The maximum absolute atomic E-state index is 11.6. The Morgan fingerprint density at radius 3 is 2.71 bits per heavy atom. The smallest absolute Gasteiger partial charge is 0.240 e. The zero-order valence-corrected chi connectivity index (χ0v) is 9.01. The van der Waals surface area contributed by atoms with Crippen LogP contribution in [0.25, 0.3) is 0 Å². The third kappa shape index (κ3) is 2.69. The molecule has 0 aliphatic heterocycles. The van der Waals surface area contributed by atoms with E-state index < -0.39 is 5.54 Å². The molecule has 3 N–H and O–H groups in total. The third-order valence-corrected chi connectivity index (χ3v) is 2.65. The third-order valence-electron chi connectivity index (χ3n) is 2.65. The van der Waals surface area contributed by atoms with Gasteiger partial charge in [-0.25, -0.2) is 0 Å². The van der Waals surface area contributed by atoms with Crippen molar-refractivity contribution in [3.8, 4) is 0 Å². The minimum atomic E-state index is -0.597. The lowest BCUT2D eigenvalue weighted by atomic mass is 9.77. The predicted octanol–water partition coefficient (Wildman–Crippen LogP) is 0.409. The Morgan fingerprint density at radius 2 is 2.29 bits per heavy atom. The zero-order valence-electron chi connectivity index (χ0n) is 9.01. The van der Waals surface area contributed by atoms with Gasteiger partial charge < -0.3 is 15.8 Å². The molecule has 0 aromatic carbocycles. The van der Waals surface area contributed by atoms with Gasteiger partial charge in [0.05, 0.1) is 12.1 Å². The minimum Gasteiger partial charge on any atom is -0.380 e. The van der Waals surface area contributed by atoms with Crippen molar-refractivity contribution in [1.29, 1.82) is 0 Å². The van der Waals surface area contributed by atoms with Gasteiger partial charge in [-0.15, -0.1) is 0 Å². The first-order valence-corrected chi connectivity index (χ1v) is 5.26. The molecule has 1 aliphatic rings. The molecule has 1 fully saturated rings. The first-order valence-electron chi connectivity index (χ1n) is 5.26. The Labute approximate surface area is 85.2 Å². The molecule has 1 saturated carbocycles. The Hall–Kier alpha value is -0.610. The van der Waals surface area contributed by atoms with Crippen molar-refractivity contribution in [3.05, 3.63) is 0 Å². The highest BCUT2D eigenvalue weighted by Crippen LogP contribution is 2.29. The lowest BCUT2D eigenvalue weighted by Gasteiger charge is -2.37. The zero-order chi connectivity index (χ0) is 10.6. The lowest BCUT2D eigenvalue weighted by molar-refractivity contribution is -0.130. The van der Waals surface area contributed by atoms with Crippen molar-refractivity contribution < 1.29 is 9.53 Å². The fourth-order valence-corrected chi connectivity index (χ4v) is 1.49. The fraction of sp³-hybridized carbons (Fsp3) is 0.900. The van der Waals surface area contributed by atoms with Crippen LogP contribution >= 0.6 is 0 Å². The average molecular weight is 200 g/mol. The van der Waals surface area contributed by atoms with Gasteiger partial charge in [-0.1, -0.05) is 0 Å². The molecule has 4 nitrogen and oxygen atoms in total. The SMILES string of the molecule is CCOCC(C)NC(=O)C1(N)CCC1. The van der Waals surface area contributed by atoms with Crippen LogP contribution in [0.5, 0.6) is 0 Å². The normalized spacial score (nSPS) is 21.1. The molecule has 14 heavy (non-hydrogen) atoms. The van der Waals surface area contributed by atoms with Crippen molar-refractivity contribution in [3.63, 3.8) is 0 Å². The van der Waals surface area contributed by atoms with E-state index in [1.54, 1.807) is 0 Å². The van der Waals surface area contributed by atoms with Gasteiger partial charge in [-0.3, -0.25) is 4.79 Å². The summed E-state index contributed by atoms with van der Waals surface area (Å²) >= 11 is 0. The number of hydrogen-bond donors (Lipinski definition) is 2. The number of hydrogen-bond acceptors (Lipinski definition) is 3. The number of amides is 1. The van der Waals surface area contributed by atoms with Crippen LogP contribution in [0.15, 0.2) is 0 Å². The first kappa shape index (κ1) is 11.5. The summed E-state index contributed by atoms with van der Waals surface area (Å²) in [5, 5.41) is 2.87. The van der Waals surface area contributed by atoms with E-state index >= 15 is 0 Å². The van der Waals surface area contributed by atoms with Crippen molar-refractivity contribution in [1.82, 2.24) is 5.32 Å². The van der Waals surface area contributed by atoms with Crippen LogP contribution in [0.3, 0.4) is 0 Å². The van der Waals surface area contributed by atoms with Crippen LogP contribution in [0, 0.1) is 0 Å². The van der Waals surface area contributed by atoms with Crippen LogP contribution in [0.4, 0.5) is 0 Å². The standard InChI is InChI=1S/C10H20N2O2/c1-3-14-7-8(2)12-9(13)10(11)5-4-6-10/h8H,3-7,11H2,1-2H3,(H,12,13). The molecule has 0 saturated heterocycles. The Kier molecular flexibility index (Phi) is 3.89. The van der Waals surface area contributed by atoms with Gasteiger partial charge >= 0.3 is 0 Å². The van der Waals surface area contributed by atoms with Gasteiger partial charge in [-0.05, 0) is 33.1 Å². The van der Waals surface area contributed by atoms with E-state index in [4.69, 9.17) is 10.5 Å². The molecule has 0 radical (unpaired) electrons. The van der Waals surface area contributed by atoms with Crippen molar-refractivity contribution in [2.24, 2.45) is 5.73 Å². The highest BCUT2D eigenvalue weighted by molar-refractivity contribution is 5.87. The second kappa shape index (κ2) is 4.75. The summed E-state index contributed by atoms with van der Waals surface area (Å²) in [5.74, 6) is -0.0315. The topological polar surface area (TPSA) is 64.3 Å². The summed E-state index contributed by atoms with van der Waals surface area (Å²) in [6, 6.07) is 0.0449. The van der Waals surface area contributed by atoms with Crippen LogP contribution in [0.1, 0.15) is 33.1 Å². The molecule has 1 rings (SSSR count). The van der Waals surface area contributed by atoms with Crippen LogP contribution in [-0.2, 0) is 9.53 Å². The summed E-state index contributed by atoms with van der Waals surface area (Å²) in [6.07, 6.45) is 2.67. The van der Waals surface area contributed by atoms with E-state index in [-0.39, 0.29) is 11.9 Å². The highest BCUT2D eigenvalue weighted by atomic mass is 16.5. The number of nitrogens with two attached hydrogens (primary N) is 1. The van der Waals surface area contributed by atoms with E-state index in [9.17, 15) is 4.79 Å². The molecule has 0 aromatic rings. The summed E-state index contributed by atoms with van der Waals surface area (Å²) in [7, 11) is 0. The average Bonchev–Trinajstić information content (AvgIpc) is 2.10. The maximum Gasteiger partial charge on any atom is 0.240 e. The van der Waals surface area contributed by atoms with Crippen LogP contribution in [0.2, 0.25) is 0 Å². The molecular weight excluding hydrogens is 180 g/mol. The molecule has 1 unspecified atom stereocenters. The Balaban J connectivity index is 2.25. The quantitative estimate of drug-likeness (QED) is 0.675. The maximum atomic E-state index is 11.6. The lowest BCUT2D eigenvalue weighted by Crippen LogP contribution is -2.60. The van der Waals surface area contributed by atoms with E-state index in [2.05, 4.69) is 5.32 Å². The molecule has 4 heteroatoms. The van der Waals surface area contributed by atoms with Gasteiger partial charge in [0.25, 0.3) is 0 Å². The molecule has 0 heterocycles. The van der Waals surface area contributed by atoms with Crippen LogP contribution in [-0.4, -0.2) is 30.7 Å². The van der Waals surface area contributed by atoms with Crippen molar-refractivity contribution in [2.75, 3.05) is 13.2 Å². The summed E-state index contributed by atoms with van der Waals surface area (Å²) < 4.78 is 5.20. The number of ether oxygens (including phenoxy) is 1. The van der Waals surface area contributed by atoms with E-state index in [0.717, 1.165) is 19.3 Å². The number of carbonyl (C=O) groups excluding carboxylic acids is 1. The number of carbonyl (C=O) groups is 1. The number of rotatable bonds is 5. The highest BCUT2D eigenvalue weighted by Gasteiger charge is 2.40. The van der Waals surface area contributed by atoms with E-state index in [0.29, 0.717) is 13.2 Å². The molecule has 0 spiro atoms. The molecule has 0 bridgehead atoms. The monoisotopic (exact) mass is 200 g/mol.